The van der Waals surface area contributed by atoms with E-state index >= 15 is 0 Å². The fourth-order valence-corrected chi connectivity index (χ4v) is 2.06. The van der Waals surface area contributed by atoms with Gasteiger partial charge in [-0.05, 0) is 36.0 Å². The minimum absolute atomic E-state index is 0.863. The molecule has 0 radical (unpaired) electrons. The van der Waals surface area contributed by atoms with Gasteiger partial charge in [0.1, 0.15) is 6.29 Å². The van der Waals surface area contributed by atoms with E-state index in [1.54, 1.807) is 0 Å². The molecule has 0 aromatic heterocycles. The topological polar surface area (TPSA) is 17.1 Å². The second kappa shape index (κ2) is 4.94. The number of rotatable bonds is 4. The summed E-state index contributed by atoms with van der Waals surface area (Å²) in [5.41, 5.74) is 4.86. The van der Waals surface area contributed by atoms with Crippen molar-refractivity contribution in [2.24, 2.45) is 0 Å². The molecule has 14 heavy (non-hydrogen) atoms. The van der Waals surface area contributed by atoms with E-state index in [2.05, 4.69) is 26.8 Å². The lowest BCUT2D eigenvalue weighted by atomic mass is 9.92. The number of hydrogen-bond acceptors (Lipinski definition) is 1. The minimum Gasteiger partial charge on any atom is -0.298 e. The minimum atomic E-state index is 0.863. The molecular weight excluding hydrogens is 172 g/mol. The zero-order valence-corrected chi connectivity index (χ0v) is 9.26. The molecule has 0 heterocycles. The largest absolute Gasteiger partial charge is 0.298 e. The van der Waals surface area contributed by atoms with Crippen LogP contribution in [-0.2, 0) is 19.3 Å². The van der Waals surface area contributed by atoms with E-state index in [-0.39, 0.29) is 0 Å². The van der Waals surface area contributed by atoms with Gasteiger partial charge >= 0.3 is 0 Å². The van der Waals surface area contributed by atoms with Crippen LogP contribution < -0.4 is 0 Å². The van der Waals surface area contributed by atoms with Gasteiger partial charge in [-0.25, -0.2) is 0 Å². The first-order chi connectivity index (χ1) is 6.78. The maximum absolute atomic E-state index is 10.9. The average Bonchev–Trinajstić information content (AvgIpc) is 2.26. The molecule has 1 heteroatoms. The summed E-state index contributed by atoms with van der Waals surface area (Å²) in [5, 5.41) is 0. The summed E-state index contributed by atoms with van der Waals surface area (Å²) < 4.78 is 0. The molecule has 0 N–H and O–H groups in total. The number of aryl methyl sites for hydroxylation is 1. The van der Waals surface area contributed by atoms with Crippen molar-refractivity contribution < 1.29 is 4.79 Å². The van der Waals surface area contributed by atoms with Crippen molar-refractivity contribution in [1.29, 1.82) is 0 Å². The van der Waals surface area contributed by atoms with Gasteiger partial charge in [-0.3, -0.25) is 4.79 Å². The summed E-state index contributed by atoms with van der Waals surface area (Å²) in [6, 6.07) is 4.03. The monoisotopic (exact) mass is 190 g/mol. The third kappa shape index (κ3) is 1.87. The van der Waals surface area contributed by atoms with Crippen LogP contribution in [0.5, 0.6) is 0 Å². The Hall–Kier alpha value is -1.11. The molecule has 0 saturated carbocycles. The molecule has 0 spiro atoms. The Morgan fingerprint density at radius 2 is 1.64 bits per heavy atom. The van der Waals surface area contributed by atoms with Crippen molar-refractivity contribution in [2.45, 2.75) is 40.0 Å². The quantitative estimate of drug-likeness (QED) is 0.666. The van der Waals surface area contributed by atoms with Crippen molar-refractivity contribution in [3.05, 3.63) is 34.4 Å². The molecule has 0 aliphatic carbocycles. The maximum atomic E-state index is 10.9. The highest BCUT2D eigenvalue weighted by atomic mass is 16.1. The first-order valence-electron chi connectivity index (χ1n) is 5.37. The lowest BCUT2D eigenvalue weighted by Gasteiger charge is -2.13. The normalized spacial score (nSPS) is 10.2. The lowest BCUT2D eigenvalue weighted by molar-refractivity contribution is 0.112. The van der Waals surface area contributed by atoms with Crippen LogP contribution in [0.1, 0.15) is 47.8 Å². The zero-order valence-electron chi connectivity index (χ0n) is 9.26. The second-order valence-corrected chi connectivity index (χ2v) is 3.45. The number of hydrogen-bond donors (Lipinski definition) is 0. The molecule has 1 aromatic carbocycles. The Kier molecular flexibility index (Phi) is 3.87. The van der Waals surface area contributed by atoms with Crippen LogP contribution >= 0.6 is 0 Å². The zero-order chi connectivity index (χ0) is 10.6. The first kappa shape index (κ1) is 11.0. The van der Waals surface area contributed by atoms with Crippen LogP contribution in [0.4, 0.5) is 0 Å². The van der Waals surface area contributed by atoms with Gasteiger partial charge in [0.05, 0.1) is 0 Å². The molecule has 0 bridgehead atoms. The third-order valence-electron chi connectivity index (χ3n) is 2.78. The van der Waals surface area contributed by atoms with Gasteiger partial charge in [-0.2, -0.15) is 0 Å². The smallest absolute Gasteiger partial charge is 0.150 e. The number of benzene rings is 1. The molecule has 0 atom stereocenters. The van der Waals surface area contributed by atoms with Crippen LogP contribution in [0.3, 0.4) is 0 Å². The molecule has 1 aromatic rings. The van der Waals surface area contributed by atoms with E-state index < -0.39 is 0 Å². The Balaban J connectivity index is 3.35. The average molecular weight is 190 g/mol. The van der Waals surface area contributed by atoms with Gasteiger partial charge in [0.15, 0.2) is 0 Å². The summed E-state index contributed by atoms with van der Waals surface area (Å²) >= 11 is 0. The van der Waals surface area contributed by atoms with Crippen molar-refractivity contribution in [1.82, 2.24) is 0 Å². The summed E-state index contributed by atoms with van der Waals surface area (Å²) in [5.74, 6) is 0. The summed E-state index contributed by atoms with van der Waals surface area (Å²) in [6.45, 7) is 6.43. The molecule has 0 aliphatic heterocycles. The first-order valence-corrected chi connectivity index (χ1v) is 5.37. The van der Waals surface area contributed by atoms with E-state index in [0.29, 0.717) is 0 Å². The Morgan fingerprint density at radius 1 is 1.00 bits per heavy atom. The molecule has 1 rings (SSSR count). The fraction of sp³-hybridized carbons (Fsp3) is 0.462. The van der Waals surface area contributed by atoms with Gasteiger partial charge in [-0.1, -0.05) is 32.9 Å². The predicted molar refractivity (Wildman–Crippen MR) is 60.0 cm³/mol. The van der Waals surface area contributed by atoms with Crippen molar-refractivity contribution in [3.8, 4) is 0 Å². The number of aldehydes is 1. The third-order valence-corrected chi connectivity index (χ3v) is 2.78. The SMILES string of the molecule is CCc1ccc(C=O)c(CC)c1CC. The van der Waals surface area contributed by atoms with Crippen LogP contribution in [0, 0.1) is 0 Å². The van der Waals surface area contributed by atoms with E-state index in [9.17, 15) is 4.79 Å². The summed E-state index contributed by atoms with van der Waals surface area (Å²) in [4.78, 5) is 10.9. The van der Waals surface area contributed by atoms with Crippen molar-refractivity contribution >= 4 is 6.29 Å². The molecule has 0 unspecified atom stereocenters. The highest BCUT2D eigenvalue weighted by Gasteiger charge is 2.08. The Bertz CT molecular complexity index is 326. The van der Waals surface area contributed by atoms with Gasteiger partial charge in [0, 0.05) is 5.56 Å². The molecule has 0 amide bonds. The van der Waals surface area contributed by atoms with Gasteiger partial charge < -0.3 is 0 Å². The standard InChI is InChI=1S/C13H18O/c1-4-10-7-8-11(9-14)13(6-3)12(10)5-2/h7-9H,4-6H2,1-3H3. The van der Waals surface area contributed by atoms with E-state index in [4.69, 9.17) is 0 Å². The van der Waals surface area contributed by atoms with E-state index in [0.717, 1.165) is 31.1 Å². The number of carbonyl (C=O) groups is 1. The van der Waals surface area contributed by atoms with Gasteiger partial charge in [0.25, 0.3) is 0 Å². The Morgan fingerprint density at radius 3 is 2.07 bits per heavy atom. The molecular formula is C13H18O. The second-order valence-electron chi connectivity index (χ2n) is 3.45. The van der Waals surface area contributed by atoms with Crippen LogP contribution in [-0.4, -0.2) is 6.29 Å². The van der Waals surface area contributed by atoms with E-state index in [1.165, 1.54) is 16.7 Å². The van der Waals surface area contributed by atoms with E-state index in [1.807, 2.05) is 6.07 Å². The van der Waals surface area contributed by atoms with Crippen molar-refractivity contribution in [2.75, 3.05) is 0 Å². The predicted octanol–water partition coefficient (Wildman–Crippen LogP) is 3.19. The molecule has 0 saturated heterocycles. The summed E-state index contributed by atoms with van der Waals surface area (Å²) in [7, 11) is 0. The van der Waals surface area contributed by atoms with Crippen LogP contribution in [0.25, 0.3) is 0 Å². The summed E-state index contributed by atoms with van der Waals surface area (Å²) in [6.07, 6.45) is 3.99. The molecule has 76 valence electrons. The molecule has 1 nitrogen and oxygen atoms in total. The van der Waals surface area contributed by atoms with Crippen LogP contribution in [0.2, 0.25) is 0 Å². The van der Waals surface area contributed by atoms with Gasteiger partial charge in [-0.15, -0.1) is 0 Å². The highest BCUT2D eigenvalue weighted by molar-refractivity contribution is 5.78. The number of carbonyl (C=O) groups excluding carboxylic acids is 1. The Labute approximate surface area is 86.1 Å². The maximum Gasteiger partial charge on any atom is 0.150 e. The fourth-order valence-electron chi connectivity index (χ4n) is 2.06. The van der Waals surface area contributed by atoms with Crippen LogP contribution in [0.15, 0.2) is 12.1 Å². The molecule has 0 aliphatic rings. The highest BCUT2D eigenvalue weighted by Crippen LogP contribution is 2.20. The van der Waals surface area contributed by atoms with Gasteiger partial charge in [0.2, 0.25) is 0 Å². The lowest BCUT2D eigenvalue weighted by Crippen LogP contribution is -2.01. The van der Waals surface area contributed by atoms with Crippen molar-refractivity contribution in [3.63, 3.8) is 0 Å². The molecule has 0 fully saturated rings.